The van der Waals surface area contributed by atoms with Crippen molar-refractivity contribution in [3.8, 4) is 5.75 Å². The molecule has 0 aliphatic rings. The number of esters is 1. The third-order valence-electron chi connectivity index (χ3n) is 7.45. The Morgan fingerprint density at radius 2 is 1.54 bits per heavy atom. The van der Waals surface area contributed by atoms with Crippen LogP contribution in [-0.2, 0) is 36.9 Å². The highest BCUT2D eigenvalue weighted by molar-refractivity contribution is 6.30. The number of carbonyl (C=O) groups excluding carboxylic acids is 5. The van der Waals surface area contributed by atoms with Crippen LogP contribution in [0.25, 0.3) is 0 Å². The van der Waals surface area contributed by atoms with Gasteiger partial charge < -0.3 is 30.0 Å². The highest BCUT2D eigenvalue weighted by Gasteiger charge is 2.45. The first kappa shape index (κ1) is 41.2. The van der Waals surface area contributed by atoms with Gasteiger partial charge in [0, 0.05) is 29.3 Å². The van der Waals surface area contributed by atoms with E-state index in [1.807, 2.05) is 0 Å². The number of alkyl halides is 3. The van der Waals surface area contributed by atoms with E-state index in [-0.39, 0.29) is 17.5 Å². The Morgan fingerprint density at radius 3 is 2.08 bits per heavy atom. The average molecular weight is 749 g/mol. The molecule has 0 saturated heterocycles. The van der Waals surface area contributed by atoms with Crippen LogP contribution in [0.2, 0.25) is 5.02 Å². The van der Waals surface area contributed by atoms with Gasteiger partial charge in [-0.25, -0.2) is 0 Å². The minimum absolute atomic E-state index is 0.120. The minimum atomic E-state index is -5.25. The highest BCUT2D eigenvalue weighted by Crippen LogP contribution is 2.24. The van der Waals surface area contributed by atoms with Crippen LogP contribution >= 0.6 is 11.6 Å². The van der Waals surface area contributed by atoms with Crippen LogP contribution in [-0.4, -0.2) is 65.0 Å². The third-order valence-corrected chi connectivity index (χ3v) is 7.69. The van der Waals surface area contributed by atoms with E-state index in [1.54, 1.807) is 39.0 Å². The molecule has 12 nitrogen and oxygen atoms in total. The summed E-state index contributed by atoms with van der Waals surface area (Å²) >= 11 is 6.15. The van der Waals surface area contributed by atoms with E-state index in [0.717, 1.165) is 10.6 Å². The fraction of sp³-hybridized carbons (Fsp3) is 0.389. The number of ketones is 1. The Balaban J connectivity index is 1.96. The van der Waals surface area contributed by atoms with Crippen LogP contribution in [0, 0.1) is 5.92 Å². The van der Waals surface area contributed by atoms with Gasteiger partial charge in [0.2, 0.25) is 11.8 Å². The summed E-state index contributed by atoms with van der Waals surface area (Å²) in [5.74, 6) is -6.38. The van der Waals surface area contributed by atoms with E-state index in [0.29, 0.717) is 16.3 Å². The molecular formula is C36H40ClF3N4O8. The summed E-state index contributed by atoms with van der Waals surface area (Å²) in [6, 6.07) is 9.25. The van der Waals surface area contributed by atoms with Gasteiger partial charge in [-0.3, -0.25) is 28.8 Å². The van der Waals surface area contributed by atoms with E-state index in [9.17, 15) is 41.9 Å². The number of Topliss-reactive ketones (excluding diaryl/α,β-unsaturated/α-hetero) is 1. The number of carbonyl (C=O) groups is 5. The number of benzene rings is 2. The Bertz CT molecular complexity index is 1840. The Hall–Kier alpha value is -5.18. The standard InChI is InChI=1S/C36H40ClF3N4O8/c1-20(2)29(31(47)36(38,39)40)42-34(50)30(22-10-12-25(51-6)13-11-22)43-33(49)26(17-21-8-7-9-24(37)16-21)41-32(48)23-14-15-44(27(45)18-23)19-28(46)52-35(3,4)5/h7-16,18,20,26,29-30H,17,19H2,1-6H3,(H,41,48)(H,42,50)(H,43,49)/t26?,29-,30?/m0/s1. The van der Waals surface area contributed by atoms with Gasteiger partial charge in [-0.15, -0.1) is 0 Å². The second kappa shape index (κ2) is 17.4. The van der Waals surface area contributed by atoms with Crippen LogP contribution < -0.4 is 26.2 Å². The monoisotopic (exact) mass is 748 g/mol. The van der Waals surface area contributed by atoms with Crippen molar-refractivity contribution in [2.24, 2.45) is 5.92 Å². The molecule has 0 saturated carbocycles. The summed E-state index contributed by atoms with van der Waals surface area (Å²) in [6.07, 6.45) is -4.21. The van der Waals surface area contributed by atoms with Crippen LogP contribution in [0.3, 0.4) is 0 Å². The van der Waals surface area contributed by atoms with Crippen molar-refractivity contribution in [1.82, 2.24) is 20.5 Å². The maximum Gasteiger partial charge on any atom is 0.452 e. The summed E-state index contributed by atoms with van der Waals surface area (Å²) in [5, 5.41) is 7.48. The number of rotatable bonds is 14. The number of pyridine rings is 1. The number of methoxy groups -OCH3 is 1. The lowest BCUT2D eigenvalue weighted by Gasteiger charge is -2.27. The quantitative estimate of drug-likeness (QED) is 0.206. The number of halogens is 4. The smallest absolute Gasteiger partial charge is 0.452 e. The molecule has 3 atom stereocenters. The number of nitrogens with zero attached hydrogens (tertiary/aromatic N) is 1. The molecule has 0 bridgehead atoms. The average Bonchev–Trinajstić information content (AvgIpc) is 3.04. The molecule has 1 aromatic heterocycles. The fourth-order valence-corrected chi connectivity index (χ4v) is 5.14. The normalized spacial score (nSPS) is 13.4. The molecule has 0 aliphatic heterocycles. The zero-order valence-corrected chi connectivity index (χ0v) is 30.1. The van der Waals surface area contributed by atoms with Crippen molar-refractivity contribution in [3.63, 3.8) is 0 Å². The first-order valence-corrected chi connectivity index (χ1v) is 16.4. The fourth-order valence-electron chi connectivity index (χ4n) is 4.93. The molecule has 0 spiro atoms. The predicted octanol–water partition coefficient (Wildman–Crippen LogP) is 4.32. The number of aromatic nitrogens is 1. The highest BCUT2D eigenvalue weighted by atomic mass is 35.5. The van der Waals surface area contributed by atoms with Crippen LogP contribution in [0.15, 0.2) is 71.7 Å². The van der Waals surface area contributed by atoms with E-state index in [4.69, 9.17) is 21.1 Å². The van der Waals surface area contributed by atoms with Gasteiger partial charge in [-0.1, -0.05) is 49.7 Å². The predicted molar refractivity (Wildman–Crippen MR) is 185 cm³/mol. The zero-order chi connectivity index (χ0) is 39.0. The molecule has 0 fully saturated rings. The Labute approximate surface area is 303 Å². The summed E-state index contributed by atoms with van der Waals surface area (Å²) in [6.45, 7) is 7.22. The molecule has 52 heavy (non-hydrogen) atoms. The second-order valence-corrected chi connectivity index (χ2v) is 13.6. The number of amides is 3. The van der Waals surface area contributed by atoms with Gasteiger partial charge in [0.25, 0.3) is 17.2 Å². The first-order valence-electron chi connectivity index (χ1n) is 16.0. The molecule has 0 aliphatic carbocycles. The van der Waals surface area contributed by atoms with Crippen LogP contribution in [0.4, 0.5) is 13.2 Å². The second-order valence-electron chi connectivity index (χ2n) is 13.1. The van der Waals surface area contributed by atoms with Crippen molar-refractivity contribution in [2.45, 2.75) is 77.5 Å². The maximum absolute atomic E-state index is 14.0. The van der Waals surface area contributed by atoms with Gasteiger partial charge >= 0.3 is 12.1 Å². The molecule has 2 unspecified atom stereocenters. The van der Waals surface area contributed by atoms with Crippen LogP contribution in [0.5, 0.6) is 5.75 Å². The number of nitrogens with one attached hydrogen (secondary N) is 3. The van der Waals surface area contributed by atoms with Gasteiger partial charge in [-0.05, 0) is 68.1 Å². The third kappa shape index (κ3) is 12.0. The van der Waals surface area contributed by atoms with Crippen molar-refractivity contribution in [3.05, 3.63) is 98.9 Å². The molecule has 1 heterocycles. The minimum Gasteiger partial charge on any atom is -0.497 e. The molecule has 3 aromatic rings. The largest absolute Gasteiger partial charge is 0.497 e. The maximum atomic E-state index is 14.0. The molecule has 3 N–H and O–H groups in total. The molecule has 16 heteroatoms. The molecule has 3 rings (SSSR count). The van der Waals surface area contributed by atoms with Gasteiger partial charge in [-0.2, -0.15) is 13.2 Å². The first-order chi connectivity index (χ1) is 24.2. The molecular weight excluding hydrogens is 709 g/mol. The summed E-state index contributed by atoms with van der Waals surface area (Å²) < 4.78 is 51.7. The lowest BCUT2D eigenvalue weighted by Crippen LogP contribution is -2.55. The van der Waals surface area contributed by atoms with Gasteiger partial charge in [0.05, 0.1) is 13.2 Å². The van der Waals surface area contributed by atoms with Crippen molar-refractivity contribution >= 4 is 41.1 Å². The van der Waals surface area contributed by atoms with Crippen molar-refractivity contribution in [1.29, 1.82) is 0 Å². The van der Waals surface area contributed by atoms with Crippen LogP contribution in [0.1, 0.15) is 62.1 Å². The number of hydrogen-bond acceptors (Lipinski definition) is 8. The van der Waals surface area contributed by atoms with E-state index < -0.39 is 77.4 Å². The van der Waals surface area contributed by atoms with E-state index >= 15 is 0 Å². The molecule has 3 amide bonds. The summed E-state index contributed by atoms with van der Waals surface area (Å²) in [4.78, 5) is 78.3. The van der Waals surface area contributed by atoms with E-state index in [1.165, 1.54) is 63.6 Å². The van der Waals surface area contributed by atoms with Crippen molar-refractivity contribution < 1.29 is 46.6 Å². The van der Waals surface area contributed by atoms with Gasteiger partial charge in [0.15, 0.2) is 0 Å². The SMILES string of the molecule is COc1ccc(C(NC(=O)C(Cc2cccc(Cl)c2)NC(=O)c2ccn(CC(=O)OC(C)(C)C)c(=O)c2)C(=O)N[C@H](C(=O)C(F)(F)F)C(C)C)cc1. The molecule has 0 radical (unpaired) electrons. The number of hydrogen-bond donors (Lipinski definition) is 3. The number of ether oxygens (including phenoxy) is 2. The lowest BCUT2D eigenvalue weighted by atomic mass is 9.97. The molecule has 280 valence electrons. The zero-order valence-electron chi connectivity index (χ0n) is 29.3. The summed E-state index contributed by atoms with van der Waals surface area (Å²) in [5.41, 5.74) is -1.05. The Kier molecular flexibility index (Phi) is 13.8. The summed E-state index contributed by atoms with van der Waals surface area (Å²) in [7, 11) is 1.39. The van der Waals surface area contributed by atoms with Crippen molar-refractivity contribution in [2.75, 3.05) is 7.11 Å². The Morgan fingerprint density at radius 1 is 0.885 bits per heavy atom. The lowest BCUT2D eigenvalue weighted by molar-refractivity contribution is -0.175. The van der Waals surface area contributed by atoms with Gasteiger partial charge in [0.1, 0.15) is 30.0 Å². The van der Waals surface area contributed by atoms with E-state index in [2.05, 4.69) is 16.0 Å². The molecule has 2 aromatic carbocycles. The topological polar surface area (TPSA) is 162 Å².